The van der Waals surface area contributed by atoms with Gasteiger partial charge in [-0.15, -0.1) is 0 Å². The van der Waals surface area contributed by atoms with Crippen LogP contribution in [0.1, 0.15) is 11.7 Å². The van der Waals surface area contributed by atoms with Crippen molar-refractivity contribution in [2.45, 2.75) is 6.10 Å². The van der Waals surface area contributed by atoms with Gasteiger partial charge in [-0.05, 0) is 36.0 Å². The summed E-state index contributed by atoms with van der Waals surface area (Å²) in [5.74, 6) is 1.45. The topological polar surface area (TPSA) is 50.7 Å². The van der Waals surface area contributed by atoms with Crippen molar-refractivity contribution in [3.05, 3.63) is 35.9 Å². The third kappa shape index (κ3) is 2.64. The molecule has 0 heterocycles. The molecule has 0 radical (unpaired) electrons. The van der Waals surface area contributed by atoms with E-state index >= 15 is 0 Å². The number of hydrogen-bond donors (Lipinski definition) is 2. The summed E-state index contributed by atoms with van der Waals surface area (Å²) in [6.45, 7) is 0.465. The number of aliphatic hydroxyl groups excluding tert-OH is 1. The van der Waals surface area contributed by atoms with E-state index < -0.39 is 6.10 Å². The Hall–Kier alpha value is -1.78. The molecule has 0 aliphatic heterocycles. The number of nitrogens with one attached hydrogen (secondary N) is 1. The molecular weight excluding hydrogens is 242 g/mol. The molecule has 0 saturated heterocycles. The number of hydrogen-bond acceptors (Lipinski definition) is 4. The summed E-state index contributed by atoms with van der Waals surface area (Å²) in [4.78, 5) is 0. The van der Waals surface area contributed by atoms with Gasteiger partial charge in [0.05, 0.1) is 20.3 Å². The molecule has 0 spiro atoms. The molecule has 1 atom stereocenters. The highest BCUT2D eigenvalue weighted by molar-refractivity contribution is 5.89. The van der Waals surface area contributed by atoms with Crippen LogP contribution in [-0.2, 0) is 0 Å². The fourth-order valence-electron chi connectivity index (χ4n) is 2.25. The first-order valence-electron chi connectivity index (χ1n) is 6.18. The maximum absolute atomic E-state index is 10.3. The van der Waals surface area contributed by atoms with Gasteiger partial charge in [-0.1, -0.05) is 12.1 Å². The molecule has 19 heavy (non-hydrogen) atoms. The van der Waals surface area contributed by atoms with Crippen molar-refractivity contribution in [3.63, 3.8) is 0 Å². The van der Waals surface area contributed by atoms with Gasteiger partial charge in [0.15, 0.2) is 0 Å². The van der Waals surface area contributed by atoms with Crippen molar-refractivity contribution < 1.29 is 14.6 Å². The minimum atomic E-state index is -0.629. The summed E-state index contributed by atoms with van der Waals surface area (Å²) in [6, 6.07) is 9.66. The smallest absolute Gasteiger partial charge is 0.125 e. The van der Waals surface area contributed by atoms with Crippen molar-refractivity contribution in [3.8, 4) is 11.5 Å². The zero-order chi connectivity index (χ0) is 13.8. The highest BCUT2D eigenvalue weighted by atomic mass is 16.5. The molecule has 0 aliphatic rings. The molecule has 2 rings (SSSR count). The number of likely N-dealkylation sites (N-methyl/N-ethyl adjacent to an activating group) is 1. The third-order valence-corrected chi connectivity index (χ3v) is 3.18. The van der Waals surface area contributed by atoms with E-state index in [0.717, 1.165) is 22.1 Å². The predicted molar refractivity (Wildman–Crippen MR) is 75.9 cm³/mol. The lowest BCUT2D eigenvalue weighted by Gasteiger charge is -2.17. The fraction of sp³-hybridized carbons (Fsp3) is 0.333. The minimum Gasteiger partial charge on any atom is -0.497 e. The van der Waals surface area contributed by atoms with Crippen LogP contribution in [-0.4, -0.2) is 32.9 Å². The first kappa shape index (κ1) is 13.6. The number of ether oxygens (including phenoxy) is 2. The van der Waals surface area contributed by atoms with E-state index in [-0.39, 0.29) is 0 Å². The molecule has 0 fully saturated rings. The van der Waals surface area contributed by atoms with Crippen molar-refractivity contribution in [2.75, 3.05) is 27.8 Å². The third-order valence-electron chi connectivity index (χ3n) is 3.18. The minimum absolute atomic E-state index is 0.465. The first-order valence-corrected chi connectivity index (χ1v) is 6.18. The van der Waals surface area contributed by atoms with E-state index in [9.17, 15) is 5.11 Å². The summed E-state index contributed by atoms with van der Waals surface area (Å²) >= 11 is 0. The first-order chi connectivity index (χ1) is 9.21. The molecule has 0 saturated carbocycles. The molecule has 2 N–H and O–H groups in total. The SMILES string of the molecule is CNCC(O)c1c(OC)ccc2ccc(OC)cc12. The normalized spacial score (nSPS) is 12.4. The second-order valence-corrected chi connectivity index (χ2v) is 4.34. The Bertz CT molecular complexity index is 563. The van der Waals surface area contributed by atoms with E-state index in [4.69, 9.17) is 9.47 Å². The zero-order valence-corrected chi connectivity index (χ0v) is 11.4. The number of aliphatic hydroxyl groups is 1. The van der Waals surface area contributed by atoms with Crippen LogP contribution >= 0.6 is 0 Å². The Morgan fingerprint density at radius 2 is 1.89 bits per heavy atom. The Labute approximate surface area is 113 Å². The monoisotopic (exact) mass is 261 g/mol. The highest BCUT2D eigenvalue weighted by Gasteiger charge is 2.16. The van der Waals surface area contributed by atoms with Gasteiger partial charge >= 0.3 is 0 Å². The molecule has 0 aromatic heterocycles. The van der Waals surface area contributed by atoms with E-state index in [0.29, 0.717) is 12.3 Å². The van der Waals surface area contributed by atoms with Gasteiger partial charge in [0, 0.05) is 12.1 Å². The van der Waals surface area contributed by atoms with Crippen LogP contribution in [0, 0.1) is 0 Å². The second kappa shape index (κ2) is 5.91. The van der Waals surface area contributed by atoms with Gasteiger partial charge in [-0.25, -0.2) is 0 Å². The van der Waals surface area contributed by atoms with E-state index in [1.54, 1.807) is 21.3 Å². The molecule has 0 bridgehead atoms. The van der Waals surface area contributed by atoms with Gasteiger partial charge in [-0.3, -0.25) is 0 Å². The van der Waals surface area contributed by atoms with Gasteiger partial charge in [0.25, 0.3) is 0 Å². The largest absolute Gasteiger partial charge is 0.497 e. The van der Waals surface area contributed by atoms with Crippen LogP contribution in [0.5, 0.6) is 11.5 Å². The molecular formula is C15H19NO3. The van der Waals surface area contributed by atoms with Crippen molar-refractivity contribution in [1.82, 2.24) is 5.32 Å². The quantitative estimate of drug-likeness (QED) is 0.865. The second-order valence-electron chi connectivity index (χ2n) is 4.34. The number of methoxy groups -OCH3 is 2. The molecule has 2 aromatic carbocycles. The molecule has 0 amide bonds. The lowest BCUT2D eigenvalue weighted by molar-refractivity contribution is 0.175. The van der Waals surface area contributed by atoms with Crippen LogP contribution in [0.2, 0.25) is 0 Å². The molecule has 2 aromatic rings. The Balaban J connectivity index is 2.66. The van der Waals surface area contributed by atoms with Gasteiger partial charge in [0.1, 0.15) is 11.5 Å². The number of benzene rings is 2. The molecule has 102 valence electrons. The van der Waals surface area contributed by atoms with Gasteiger partial charge in [0.2, 0.25) is 0 Å². The lowest BCUT2D eigenvalue weighted by atomic mass is 9.98. The Morgan fingerprint density at radius 1 is 1.16 bits per heavy atom. The predicted octanol–water partition coefficient (Wildman–Crippen LogP) is 2.11. The van der Waals surface area contributed by atoms with Crippen molar-refractivity contribution in [1.29, 1.82) is 0 Å². The van der Waals surface area contributed by atoms with Crippen LogP contribution in [0.25, 0.3) is 10.8 Å². The van der Waals surface area contributed by atoms with Crippen LogP contribution < -0.4 is 14.8 Å². The van der Waals surface area contributed by atoms with Crippen LogP contribution in [0.15, 0.2) is 30.3 Å². The summed E-state index contributed by atoms with van der Waals surface area (Å²) < 4.78 is 10.6. The number of rotatable bonds is 5. The van der Waals surface area contributed by atoms with Gasteiger partial charge < -0.3 is 19.9 Å². The maximum atomic E-state index is 10.3. The average Bonchev–Trinajstić information content (AvgIpc) is 2.45. The number of fused-ring (bicyclic) bond motifs is 1. The molecule has 0 aliphatic carbocycles. The molecule has 1 unspecified atom stereocenters. The zero-order valence-electron chi connectivity index (χ0n) is 11.4. The molecule has 4 nitrogen and oxygen atoms in total. The summed E-state index contributed by atoms with van der Waals surface area (Å²) in [5, 5.41) is 15.3. The van der Waals surface area contributed by atoms with Crippen molar-refractivity contribution in [2.24, 2.45) is 0 Å². The Kier molecular flexibility index (Phi) is 4.24. The summed E-state index contributed by atoms with van der Waals surface area (Å²) in [5.41, 5.74) is 0.785. The highest BCUT2D eigenvalue weighted by Crippen LogP contribution is 2.34. The molecule has 4 heteroatoms. The standard InChI is InChI=1S/C15H19NO3/c1-16-9-13(17)15-12-8-11(18-2)6-4-10(12)5-7-14(15)19-3/h4-8,13,16-17H,9H2,1-3H3. The van der Waals surface area contributed by atoms with E-state index in [1.165, 1.54) is 0 Å². The lowest BCUT2D eigenvalue weighted by Crippen LogP contribution is -2.17. The maximum Gasteiger partial charge on any atom is 0.125 e. The fourth-order valence-corrected chi connectivity index (χ4v) is 2.25. The van der Waals surface area contributed by atoms with E-state index in [1.807, 2.05) is 30.3 Å². The van der Waals surface area contributed by atoms with E-state index in [2.05, 4.69) is 5.32 Å². The summed E-state index contributed by atoms with van der Waals surface area (Å²) in [6.07, 6.45) is -0.629. The average molecular weight is 261 g/mol. The van der Waals surface area contributed by atoms with Crippen LogP contribution in [0.3, 0.4) is 0 Å². The summed E-state index contributed by atoms with van der Waals surface area (Å²) in [7, 11) is 5.05. The van der Waals surface area contributed by atoms with Gasteiger partial charge in [-0.2, -0.15) is 0 Å². The Morgan fingerprint density at radius 3 is 2.53 bits per heavy atom. The van der Waals surface area contributed by atoms with Crippen molar-refractivity contribution >= 4 is 10.8 Å². The van der Waals surface area contributed by atoms with Crippen LogP contribution in [0.4, 0.5) is 0 Å².